The van der Waals surface area contributed by atoms with E-state index in [-0.39, 0.29) is 29.5 Å². The molecule has 4 saturated heterocycles. The molecule has 1 amide bonds. The molecule has 264 valence electrons. The van der Waals surface area contributed by atoms with E-state index in [1.54, 1.807) is 17.0 Å². The van der Waals surface area contributed by atoms with E-state index < -0.39 is 5.60 Å². The second-order valence-corrected chi connectivity index (χ2v) is 16.0. The summed E-state index contributed by atoms with van der Waals surface area (Å²) in [6.45, 7) is 11.5. The molecular formula is C37H52N8O4. The van der Waals surface area contributed by atoms with Crippen LogP contribution in [0.15, 0.2) is 30.3 Å². The third-order valence-electron chi connectivity index (χ3n) is 11.5. The van der Waals surface area contributed by atoms with E-state index >= 15 is 0 Å². The van der Waals surface area contributed by atoms with E-state index in [1.807, 2.05) is 39.0 Å². The van der Waals surface area contributed by atoms with Crippen LogP contribution < -0.4 is 10.6 Å². The molecule has 49 heavy (non-hydrogen) atoms. The molecule has 1 aliphatic carbocycles. The molecule has 2 bridgehead atoms. The van der Waals surface area contributed by atoms with Crippen LogP contribution in [0.5, 0.6) is 5.75 Å². The predicted molar refractivity (Wildman–Crippen MR) is 187 cm³/mol. The van der Waals surface area contributed by atoms with Crippen molar-refractivity contribution in [3.05, 3.63) is 30.3 Å². The Hall–Kier alpha value is -3.66. The van der Waals surface area contributed by atoms with E-state index in [1.165, 1.54) is 0 Å². The summed E-state index contributed by atoms with van der Waals surface area (Å²) in [5.41, 5.74) is 7.67. The highest BCUT2D eigenvalue weighted by molar-refractivity contribution is 5.74. The maximum Gasteiger partial charge on any atom is 0.410 e. The van der Waals surface area contributed by atoms with Crippen LogP contribution in [0, 0.1) is 16.7 Å². The number of nitrogens with zero attached hydrogens (tertiary/aromatic N) is 7. The van der Waals surface area contributed by atoms with Crippen LogP contribution in [0.4, 0.5) is 16.3 Å². The van der Waals surface area contributed by atoms with Gasteiger partial charge in [-0.2, -0.15) is 5.26 Å². The summed E-state index contributed by atoms with van der Waals surface area (Å²) in [6, 6.07) is 13.2. The molecule has 2 aromatic rings. The number of nitrogens with two attached hydrogens (primary N) is 1. The first-order chi connectivity index (χ1) is 23.5. The molecular weight excluding hydrogens is 620 g/mol. The number of carbonyl (C=O) groups is 1. The van der Waals surface area contributed by atoms with Crippen LogP contribution in [0.25, 0.3) is 11.3 Å². The number of ether oxygens (including phenoxy) is 2. The van der Waals surface area contributed by atoms with Gasteiger partial charge in [0.05, 0.1) is 35.1 Å². The molecule has 5 aliphatic rings. The molecule has 0 spiro atoms. The van der Waals surface area contributed by atoms with Crippen molar-refractivity contribution in [2.24, 2.45) is 5.41 Å². The van der Waals surface area contributed by atoms with Crippen LogP contribution in [-0.4, -0.2) is 118 Å². The number of phenols is 1. The van der Waals surface area contributed by atoms with Crippen LogP contribution in [0.2, 0.25) is 0 Å². The SMILES string of the molecule is CC(C)(C)OC(=O)N1CCC(O[C@H]2C[C@H](N3CCC(C#N)(CN4C5CCC4CN(c4cc(-c6ccccc6O)nnc4N)C5)CC3)C2)CC1. The number of nitrogen functional groups attached to an aromatic ring is 1. The monoisotopic (exact) mass is 672 g/mol. The molecule has 12 nitrogen and oxygen atoms in total. The molecule has 1 aromatic carbocycles. The maximum atomic E-state index is 12.4. The lowest BCUT2D eigenvalue weighted by molar-refractivity contribution is -0.108. The third kappa shape index (κ3) is 7.30. The van der Waals surface area contributed by atoms with Gasteiger partial charge in [0.25, 0.3) is 0 Å². The van der Waals surface area contributed by atoms with Gasteiger partial charge in [-0.05, 0) is 103 Å². The molecule has 0 radical (unpaired) electrons. The lowest BCUT2D eigenvalue weighted by Gasteiger charge is -2.50. The normalized spacial score (nSPS) is 27.8. The number of aromatic hydroxyl groups is 1. The zero-order valence-corrected chi connectivity index (χ0v) is 29.3. The van der Waals surface area contributed by atoms with E-state index in [9.17, 15) is 15.2 Å². The highest BCUT2D eigenvalue weighted by atomic mass is 16.6. The molecule has 2 unspecified atom stereocenters. The van der Waals surface area contributed by atoms with Gasteiger partial charge in [0.2, 0.25) is 0 Å². The molecule has 3 N–H and O–H groups in total. The maximum absolute atomic E-state index is 12.4. The number of piperidine rings is 2. The van der Waals surface area contributed by atoms with E-state index in [0.29, 0.717) is 48.3 Å². The highest BCUT2D eigenvalue weighted by Gasteiger charge is 2.47. The Labute approximate surface area is 290 Å². The number of piperazine rings is 1. The summed E-state index contributed by atoms with van der Waals surface area (Å²) < 4.78 is 12.0. The minimum Gasteiger partial charge on any atom is -0.507 e. The number of fused-ring (bicyclic) bond motifs is 2. The predicted octanol–water partition coefficient (Wildman–Crippen LogP) is 4.64. The number of amides is 1. The number of rotatable bonds is 7. The average molecular weight is 673 g/mol. The molecule has 4 aliphatic heterocycles. The van der Waals surface area contributed by atoms with Gasteiger partial charge in [-0.25, -0.2) is 4.79 Å². The Morgan fingerprint density at radius 3 is 2.31 bits per heavy atom. The summed E-state index contributed by atoms with van der Waals surface area (Å²) in [6.07, 6.45) is 8.12. The average Bonchev–Trinajstić information content (AvgIpc) is 3.27. The zero-order valence-electron chi connectivity index (χ0n) is 29.3. The van der Waals surface area contributed by atoms with Gasteiger partial charge < -0.3 is 35.0 Å². The van der Waals surface area contributed by atoms with E-state index in [2.05, 4.69) is 31.0 Å². The van der Waals surface area contributed by atoms with Crippen molar-refractivity contribution in [1.29, 1.82) is 5.26 Å². The minimum atomic E-state index is -0.474. The Balaban J connectivity index is 0.878. The Morgan fingerprint density at radius 1 is 1.00 bits per heavy atom. The van der Waals surface area contributed by atoms with E-state index in [0.717, 1.165) is 89.8 Å². The van der Waals surface area contributed by atoms with Crippen LogP contribution in [0.1, 0.15) is 72.1 Å². The van der Waals surface area contributed by atoms with Crippen LogP contribution in [0.3, 0.4) is 0 Å². The quantitative estimate of drug-likeness (QED) is 0.425. The topological polar surface area (TPSA) is 144 Å². The first-order valence-electron chi connectivity index (χ1n) is 18.2. The van der Waals surface area contributed by atoms with Gasteiger partial charge in [0.15, 0.2) is 5.82 Å². The Bertz CT molecular complexity index is 1520. The van der Waals surface area contributed by atoms with Crippen molar-refractivity contribution < 1.29 is 19.4 Å². The van der Waals surface area contributed by atoms with Gasteiger partial charge in [0, 0.05) is 56.4 Å². The van der Waals surface area contributed by atoms with E-state index in [4.69, 9.17) is 15.2 Å². The van der Waals surface area contributed by atoms with Crippen molar-refractivity contribution >= 4 is 17.6 Å². The smallest absolute Gasteiger partial charge is 0.410 e. The van der Waals surface area contributed by atoms with Crippen molar-refractivity contribution in [3.63, 3.8) is 0 Å². The van der Waals surface area contributed by atoms with Gasteiger partial charge in [-0.15, -0.1) is 10.2 Å². The van der Waals surface area contributed by atoms with Gasteiger partial charge in [-0.3, -0.25) is 4.90 Å². The third-order valence-corrected chi connectivity index (χ3v) is 11.5. The standard InChI is InChI=1S/C37H52N8O4/c1-36(2,3)49-35(47)43-14-10-28(11-15-43)48-29-18-27(19-29)42-16-12-37(23-38,13-17-42)24-45-25-8-9-26(45)22-44(21-25)32-20-31(40-41-34(32)39)30-6-4-5-7-33(30)46/h4-7,20,25-29,46H,8-19,21-22,24H2,1-3H3,(H2,39,41)/t25?,26?,27-,29-. The van der Waals surface area contributed by atoms with Crippen molar-refractivity contribution in [1.82, 2.24) is 24.9 Å². The fourth-order valence-corrected chi connectivity index (χ4v) is 8.60. The van der Waals surface area contributed by atoms with Crippen LogP contribution >= 0.6 is 0 Å². The summed E-state index contributed by atoms with van der Waals surface area (Å²) in [4.78, 5) is 21.7. The largest absolute Gasteiger partial charge is 0.507 e. The lowest BCUT2D eigenvalue weighted by Crippen LogP contribution is -2.59. The van der Waals surface area contributed by atoms with Gasteiger partial charge >= 0.3 is 6.09 Å². The molecule has 7 rings (SSSR count). The molecule has 5 fully saturated rings. The first kappa shape index (κ1) is 33.8. The van der Waals surface area contributed by atoms with Crippen molar-refractivity contribution in [2.45, 2.75) is 108 Å². The summed E-state index contributed by atoms with van der Waals surface area (Å²) in [7, 11) is 0. The van der Waals surface area contributed by atoms with Gasteiger partial charge in [0.1, 0.15) is 11.4 Å². The minimum absolute atomic E-state index is 0.171. The summed E-state index contributed by atoms with van der Waals surface area (Å²) >= 11 is 0. The number of carbonyl (C=O) groups excluding carboxylic acids is 1. The van der Waals surface area contributed by atoms with Crippen molar-refractivity contribution in [3.8, 4) is 23.1 Å². The number of nitriles is 1. The summed E-state index contributed by atoms with van der Waals surface area (Å²) in [5.74, 6) is 0.574. The Morgan fingerprint density at radius 2 is 1.67 bits per heavy atom. The highest BCUT2D eigenvalue weighted by Crippen LogP contribution is 2.42. The fourth-order valence-electron chi connectivity index (χ4n) is 8.60. The van der Waals surface area contributed by atoms with Crippen LogP contribution in [-0.2, 0) is 9.47 Å². The number of hydrogen-bond acceptors (Lipinski definition) is 11. The number of anilines is 2. The number of benzene rings is 1. The Kier molecular flexibility index (Phi) is 9.37. The fraction of sp³-hybridized carbons (Fsp3) is 0.676. The van der Waals surface area contributed by atoms with Crippen molar-refractivity contribution in [2.75, 3.05) is 56.4 Å². The number of likely N-dealkylation sites (tertiary alicyclic amines) is 2. The molecule has 2 atom stereocenters. The number of para-hydroxylation sites is 1. The summed E-state index contributed by atoms with van der Waals surface area (Å²) in [5, 5.41) is 29.4. The molecule has 1 aromatic heterocycles. The molecule has 5 heterocycles. The first-order valence-corrected chi connectivity index (χ1v) is 18.2. The molecule has 12 heteroatoms. The number of hydrogen-bond donors (Lipinski definition) is 2. The number of phenolic OH excluding ortho intramolecular Hbond substituents is 1. The number of aromatic nitrogens is 2. The van der Waals surface area contributed by atoms with Gasteiger partial charge in [-0.1, -0.05) is 12.1 Å². The molecule has 1 saturated carbocycles. The lowest BCUT2D eigenvalue weighted by atomic mass is 9.76. The second-order valence-electron chi connectivity index (χ2n) is 16.0. The second kappa shape index (κ2) is 13.6. The zero-order chi connectivity index (χ0) is 34.3.